The first kappa shape index (κ1) is 17.6. The molecule has 1 aliphatic carbocycles. The molecule has 0 bridgehead atoms. The number of halogens is 1. The summed E-state index contributed by atoms with van der Waals surface area (Å²) in [4.78, 5) is 0.337. The van der Waals surface area contributed by atoms with E-state index in [1.54, 1.807) is 31.4 Å². The fraction of sp³-hybridized carbons (Fsp3) is 0.333. The Morgan fingerprint density at radius 2 is 1.75 bits per heavy atom. The van der Waals surface area contributed by atoms with Crippen molar-refractivity contribution in [1.29, 1.82) is 0 Å². The lowest BCUT2D eigenvalue weighted by Gasteiger charge is -2.15. The van der Waals surface area contributed by atoms with Gasteiger partial charge in [0.15, 0.2) is 9.84 Å². The molecule has 128 valence electrons. The van der Waals surface area contributed by atoms with Crippen LogP contribution in [0.3, 0.4) is 0 Å². The summed E-state index contributed by atoms with van der Waals surface area (Å²) >= 11 is 3.42. The van der Waals surface area contributed by atoms with Crippen LogP contribution in [0.2, 0.25) is 0 Å². The van der Waals surface area contributed by atoms with Gasteiger partial charge in [-0.05, 0) is 29.8 Å². The Balaban J connectivity index is 2.05. The highest BCUT2D eigenvalue weighted by Gasteiger charge is 2.70. The number of rotatable bonds is 6. The standard InChI is InChI=1S/C18H20BrNO3S/c1-23-12-18(11-20)16(13-7-9-14(19)10-8-13)17(18)24(21,22)15-5-3-2-4-6-15/h2-10,16-17H,11-12,20H2,1H3/t16-,17+,18+/m1/s1. The molecular weight excluding hydrogens is 390 g/mol. The quantitative estimate of drug-likeness (QED) is 0.795. The van der Waals surface area contributed by atoms with Gasteiger partial charge in [-0.3, -0.25) is 0 Å². The summed E-state index contributed by atoms with van der Waals surface area (Å²) in [7, 11) is -1.90. The van der Waals surface area contributed by atoms with Crippen LogP contribution in [0, 0.1) is 5.41 Å². The number of hydrogen-bond acceptors (Lipinski definition) is 4. The molecule has 0 spiro atoms. The normalized spacial score (nSPS) is 26.3. The van der Waals surface area contributed by atoms with Gasteiger partial charge in [-0.15, -0.1) is 0 Å². The number of ether oxygens (including phenoxy) is 1. The Labute approximate surface area is 151 Å². The van der Waals surface area contributed by atoms with E-state index in [0.717, 1.165) is 10.0 Å². The first-order chi connectivity index (χ1) is 11.5. The molecule has 0 heterocycles. The summed E-state index contributed by atoms with van der Waals surface area (Å²) in [6.07, 6.45) is 0. The molecule has 2 aromatic rings. The van der Waals surface area contributed by atoms with Gasteiger partial charge in [0.1, 0.15) is 0 Å². The van der Waals surface area contributed by atoms with E-state index >= 15 is 0 Å². The maximum Gasteiger partial charge on any atom is 0.182 e. The lowest BCUT2D eigenvalue weighted by molar-refractivity contribution is 0.142. The van der Waals surface area contributed by atoms with Crippen LogP contribution in [0.4, 0.5) is 0 Å². The summed E-state index contributed by atoms with van der Waals surface area (Å²) < 4.78 is 32.6. The van der Waals surface area contributed by atoms with Crippen molar-refractivity contribution in [1.82, 2.24) is 0 Å². The summed E-state index contributed by atoms with van der Waals surface area (Å²) in [6, 6.07) is 16.3. The fourth-order valence-corrected chi connectivity index (χ4v) is 6.35. The zero-order chi connectivity index (χ0) is 17.4. The Hall–Kier alpha value is -1.21. The van der Waals surface area contributed by atoms with Crippen molar-refractivity contribution < 1.29 is 13.2 Å². The molecular formula is C18H20BrNO3S. The van der Waals surface area contributed by atoms with Gasteiger partial charge in [0, 0.05) is 29.5 Å². The van der Waals surface area contributed by atoms with Crippen molar-refractivity contribution in [3.63, 3.8) is 0 Å². The Morgan fingerprint density at radius 3 is 2.29 bits per heavy atom. The van der Waals surface area contributed by atoms with Crippen molar-refractivity contribution in [2.24, 2.45) is 11.1 Å². The third kappa shape index (κ3) is 2.81. The highest BCUT2D eigenvalue weighted by Crippen LogP contribution is 2.63. The second kappa shape index (κ2) is 6.59. The van der Waals surface area contributed by atoms with Gasteiger partial charge in [-0.25, -0.2) is 8.42 Å². The highest BCUT2D eigenvalue weighted by molar-refractivity contribution is 9.10. The van der Waals surface area contributed by atoms with Crippen LogP contribution >= 0.6 is 15.9 Å². The molecule has 1 aliphatic rings. The summed E-state index contributed by atoms with van der Waals surface area (Å²) in [5.74, 6) is -0.166. The molecule has 4 nitrogen and oxygen atoms in total. The van der Waals surface area contributed by atoms with E-state index in [4.69, 9.17) is 10.5 Å². The number of benzene rings is 2. The molecule has 1 fully saturated rings. The lowest BCUT2D eigenvalue weighted by atomic mass is 10.0. The first-order valence-electron chi connectivity index (χ1n) is 7.71. The third-order valence-corrected chi connectivity index (χ3v) is 7.68. The van der Waals surface area contributed by atoms with Gasteiger partial charge in [0.25, 0.3) is 0 Å². The van der Waals surface area contributed by atoms with Gasteiger partial charge >= 0.3 is 0 Å². The number of sulfone groups is 1. The van der Waals surface area contributed by atoms with Crippen LogP contribution in [-0.2, 0) is 14.6 Å². The molecule has 0 aromatic heterocycles. The van der Waals surface area contributed by atoms with Gasteiger partial charge in [-0.1, -0.05) is 46.3 Å². The van der Waals surface area contributed by atoms with Crippen LogP contribution < -0.4 is 5.73 Å². The minimum atomic E-state index is -3.49. The number of methoxy groups -OCH3 is 1. The van der Waals surface area contributed by atoms with Gasteiger partial charge in [0.05, 0.1) is 16.8 Å². The van der Waals surface area contributed by atoms with E-state index in [0.29, 0.717) is 11.5 Å². The molecule has 2 aromatic carbocycles. The van der Waals surface area contributed by atoms with Crippen LogP contribution in [0.5, 0.6) is 0 Å². The van der Waals surface area contributed by atoms with E-state index in [1.165, 1.54) is 0 Å². The second-order valence-electron chi connectivity index (χ2n) is 6.18. The summed E-state index contributed by atoms with van der Waals surface area (Å²) in [6.45, 7) is 0.583. The molecule has 3 atom stereocenters. The zero-order valence-electron chi connectivity index (χ0n) is 13.4. The lowest BCUT2D eigenvalue weighted by Crippen LogP contribution is -2.28. The summed E-state index contributed by atoms with van der Waals surface area (Å²) in [5, 5.41) is -0.571. The average Bonchev–Trinajstić information content (AvgIpc) is 3.26. The van der Waals surface area contributed by atoms with Crippen molar-refractivity contribution in [3.8, 4) is 0 Å². The fourth-order valence-electron chi connectivity index (χ4n) is 3.62. The predicted molar refractivity (Wildman–Crippen MR) is 97.7 cm³/mol. The number of nitrogens with two attached hydrogens (primary N) is 1. The van der Waals surface area contributed by atoms with Crippen LogP contribution in [0.15, 0.2) is 64.0 Å². The van der Waals surface area contributed by atoms with Crippen LogP contribution in [0.1, 0.15) is 11.5 Å². The van der Waals surface area contributed by atoms with Crippen LogP contribution in [-0.4, -0.2) is 33.9 Å². The monoisotopic (exact) mass is 409 g/mol. The van der Waals surface area contributed by atoms with Crippen molar-refractivity contribution in [2.45, 2.75) is 16.1 Å². The van der Waals surface area contributed by atoms with E-state index in [2.05, 4.69) is 15.9 Å². The minimum Gasteiger partial charge on any atom is -0.384 e. The van der Waals surface area contributed by atoms with Crippen LogP contribution in [0.25, 0.3) is 0 Å². The predicted octanol–water partition coefficient (Wildman–Crippen LogP) is 2.98. The Kier molecular flexibility index (Phi) is 4.84. The Bertz CT molecular complexity index is 808. The van der Waals surface area contributed by atoms with Crippen molar-refractivity contribution in [2.75, 3.05) is 20.3 Å². The maximum absolute atomic E-state index is 13.2. The maximum atomic E-state index is 13.2. The molecule has 0 radical (unpaired) electrons. The highest BCUT2D eigenvalue weighted by atomic mass is 79.9. The topological polar surface area (TPSA) is 69.4 Å². The van der Waals surface area contributed by atoms with E-state index in [9.17, 15) is 8.42 Å². The average molecular weight is 410 g/mol. The van der Waals surface area contributed by atoms with E-state index < -0.39 is 20.5 Å². The Morgan fingerprint density at radius 1 is 1.12 bits per heavy atom. The minimum absolute atomic E-state index is 0.166. The van der Waals surface area contributed by atoms with Gasteiger partial charge in [-0.2, -0.15) is 0 Å². The molecule has 24 heavy (non-hydrogen) atoms. The zero-order valence-corrected chi connectivity index (χ0v) is 15.8. The molecule has 6 heteroatoms. The number of hydrogen-bond donors (Lipinski definition) is 1. The molecule has 0 saturated heterocycles. The van der Waals surface area contributed by atoms with Crippen molar-refractivity contribution in [3.05, 3.63) is 64.6 Å². The van der Waals surface area contributed by atoms with Gasteiger partial charge in [0.2, 0.25) is 0 Å². The SMILES string of the molecule is COC[C@@]1(CN)[C@H](c2ccc(Br)cc2)[C@@H]1S(=O)(=O)c1ccccc1. The third-order valence-electron chi connectivity index (χ3n) is 4.81. The molecule has 0 unspecified atom stereocenters. The van der Waals surface area contributed by atoms with E-state index in [1.807, 2.05) is 30.3 Å². The van der Waals surface area contributed by atoms with Gasteiger partial charge < -0.3 is 10.5 Å². The largest absolute Gasteiger partial charge is 0.384 e. The molecule has 0 amide bonds. The van der Waals surface area contributed by atoms with E-state index in [-0.39, 0.29) is 12.5 Å². The molecule has 2 N–H and O–H groups in total. The second-order valence-corrected chi connectivity index (χ2v) is 9.16. The first-order valence-corrected chi connectivity index (χ1v) is 10.0. The molecule has 3 rings (SSSR count). The molecule has 0 aliphatic heterocycles. The molecule has 1 saturated carbocycles. The summed E-state index contributed by atoms with van der Waals surface area (Å²) in [5.41, 5.74) is 6.41. The smallest absolute Gasteiger partial charge is 0.182 e. The van der Waals surface area contributed by atoms with Crippen molar-refractivity contribution >= 4 is 25.8 Å².